The van der Waals surface area contributed by atoms with Crippen molar-refractivity contribution in [2.24, 2.45) is 5.73 Å². The molecule has 0 aromatic heterocycles. The van der Waals surface area contributed by atoms with Crippen LogP contribution in [0.15, 0.2) is 24.3 Å². The molecule has 1 saturated carbocycles. The van der Waals surface area contributed by atoms with Crippen molar-refractivity contribution in [3.05, 3.63) is 35.4 Å². The summed E-state index contributed by atoms with van der Waals surface area (Å²) in [6, 6.07) is 8.10. The molecule has 92 valence electrons. The zero-order valence-electron chi connectivity index (χ0n) is 10.4. The monoisotopic (exact) mass is 232 g/mol. The summed E-state index contributed by atoms with van der Waals surface area (Å²) in [7, 11) is 0. The lowest BCUT2D eigenvalue weighted by atomic mass is 10.0. The smallest absolute Gasteiger partial charge is 0.239 e. The Kier molecular flexibility index (Phi) is 3.48. The largest absolute Gasteiger partial charge is 0.368 e. The van der Waals surface area contributed by atoms with Gasteiger partial charge in [-0.3, -0.25) is 10.1 Å². The Balaban J connectivity index is 2.14. The quantitative estimate of drug-likeness (QED) is 0.816. The third-order valence-electron chi connectivity index (χ3n) is 3.10. The number of carbonyl (C=O) groups excluding carboxylic acids is 1. The van der Waals surface area contributed by atoms with Gasteiger partial charge in [-0.05, 0) is 43.7 Å². The van der Waals surface area contributed by atoms with E-state index in [0.717, 1.165) is 11.5 Å². The summed E-state index contributed by atoms with van der Waals surface area (Å²) >= 11 is 0. The SMILES string of the molecule is CC(C)NC(C(N)=O)c1ccc(C2CC2)cc1. The first-order chi connectivity index (χ1) is 8.08. The molecule has 1 aromatic rings. The minimum atomic E-state index is -0.386. The van der Waals surface area contributed by atoms with Crippen molar-refractivity contribution >= 4 is 5.91 Å². The molecule has 1 unspecified atom stereocenters. The predicted octanol–water partition coefficient (Wildman–Crippen LogP) is 2.09. The fraction of sp³-hybridized carbons (Fsp3) is 0.500. The van der Waals surface area contributed by atoms with Crippen LogP contribution in [0, 0.1) is 0 Å². The van der Waals surface area contributed by atoms with E-state index in [9.17, 15) is 4.79 Å². The highest BCUT2D eigenvalue weighted by Crippen LogP contribution is 2.40. The Bertz CT molecular complexity index is 393. The van der Waals surface area contributed by atoms with Gasteiger partial charge in [0.05, 0.1) is 0 Å². The van der Waals surface area contributed by atoms with Gasteiger partial charge in [-0.2, -0.15) is 0 Å². The van der Waals surface area contributed by atoms with Crippen molar-refractivity contribution in [2.45, 2.75) is 44.7 Å². The van der Waals surface area contributed by atoms with Gasteiger partial charge >= 0.3 is 0 Å². The molecule has 1 fully saturated rings. The van der Waals surface area contributed by atoms with E-state index >= 15 is 0 Å². The van der Waals surface area contributed by atoms with Gasteiger partial charge < -0.3 is 5.73 Å². The maximum Gasteiger partial charge on any atom is 0.239 e. The van der Waals surface area contributed by atoms with E-state index < -0.39 is 0 Å². The number of benzene rings is 1. The first-order valence-corrected chi connectivity index (χ1v) is 6.23. The number of carbonyl (C=O) groups is 1. The van der Waals surface area contributed by atoms with Gasteiger partial charge in [0.15, 0.2) is 0 Å². The summed E-state index contributed by atoms with van der Waals surface area (Å²) in [5.41, 5.74) is 7.76. The van der Waals surface area contributed by atoms with Crippen LogP contribution in [0.4, 0.5) is 0 Å². The molecular formula is C14H20N2O. The highest BCUT2D eigenvalue weighted by atomic mass is 16.1. The Hall–Kier alpha value is -1.35. The van der Waals surface area contributed by atoms with E-state index in [0.29, 0.717) is 0 Å². The van der Waals surface area contributed by atoms with Crippen LogP contribution in [0.3, 0.4) is 0 Å². The Morgan fingerprint density at radius 2 is 1.88 bits per heavy atom. The average molecular weight is 232 g/mol. The number of nitrogens with two attached hydrogens (primary N) is 1. The summed E-state index contributed by atoms with van der Waals surface area (Å²) in [6.07, 6.45) is 2.59. The Labute approximate surface area is 102 Å². The molecule has 17 heavy (non-hydrogen) atoms. The van der Waals surface area contributed by atoms with Crippen LogP contribution in [0.2, 0.25) is 0 Å². The van der Waals surface area contributed by atoms with E-state index in [-0.39, 0.29) is 18.0 Å². The second kappa shape index (κ2) is 4.88. The lowest BCUT2D eigenvalue weighted by molar-refractivity contribution is -0.120. The lowest BCUT2D eigenvalue weighted by Crippen LogP contribution is -2.37. The van der Waals surface area contributed by atoms with Crippen molar-refractivity contribution in [3.8, 4) is 0 Å². The van der Waals surface area contributed by atoms with Crippen molar-refractivity contribution in [2.75, 3.05) is 0 Å². The van der Waals surface area contributed by atoms with Crippen LogP contribution in [0.5, 0.6) is 0 Å². The zero-order valence-corrected chi connectivity index (χ0v) is 10.4. The topological polar surface area (TPSA) is 55.1 Å². The molecule has 1 atom stereocenters. The number of rotatable bonds is 5. The number of hydrogen-bond donors (Lipinski definition) is 2. The van der Waals surface area contributed by atoms with E-state index in [1.807, 2.05) is 26.0 Å². The molecular weight excluding hydrogens is 212 g/mol. The fourth-order valence-electron chi connectivity index (χ4n) is 2.05. The molecule has 2 rings (SSSR count). The first-order valence-electron chi connectivity index (χ1n) is 6.23. The van der Waals surface area contributed by atoms with Gasteiger partial charge in [-0.1, -0.05) is 24.3 Å². The molecule has 0 bridgehead atoms. The minimum Gasteiger partial charge on any atom is -0.368 e. The highest BCUT2D eigenvalue weighted by Gasteiger charge is 2.24. The van der Waals surface area contributed by atoms with Crippen molar-refractivity contribution < 1.29 is 4.79 Å². The third kappa shape index (κ3) is 3.07. The maximum absolute atomic E-state index is 11.4. The number of nitrogens with one attached hydrogen (secondary N) is 1. The van der Waals surface area contributed by atoms with Gasteiger partial charge in [-0.15, -0.1) is 0 Å². The van der Waals surface area contributed by atoms with Gasteiger partial charge in [0.2, 0.25) is 5.91 Å². The molecule has 1 aliphatic carbocycles. The predicted molar refractivity (Wildman–Crippen MR) is 68.6 cm³/mol. The van der Waals surface area contributed by atoms with Gasteiger partial charge in [-0.25, -0.2) is 0 Å². The average Bonchev–Trinajstić information content (AvgIpc) is 3.09. The van der Waals surface area contributed by atoms with Crippen LogP contribution in [0.1, 0.15) is 49.8 Å². The van der Waals surface area contributed by atoms with Gasteiger partial charge in [0.1, 0.15) is 6.04 Å². The molecule has 3 heteroatoms. The van der Waals surface area contributed by atoms with Crippen LogP contribution in [-0.4, -0.2) is 11.9 Å². The fourth-order valence-corrected chi connectivity index (χ4v) is 2.05. The minimum absolute atomic E-state index is 0.232. The summed E-state index contributed by atoms with van der Waals surface area (Å²) in [6.45, 7) is 4.02. The third-order valence-corrected chi connectivity index (χ3v) is 3.10. The van der Waals surface area contributed by atoms with Crippen LogP contribution < -0.4 is 11.1 Å². The molecule has 1 aliphatic rings. The van der Waals surface area contributed by atoms with Gasteiger partial charge in [0, 0.05) is 6.04 Å². The summed E-state index contributed by atoms with van der Waals surface area (Å²) in [4.78, 5) is 11.4. The Morgan fingerprint density at radius 1 is 1.29 bits per heavy atom. The normalized spacial score (nSPS) is 17.1. The van der Waals surface area contributed by atoms with E-state index in [1.165, 1.54) is 18.4 Å². The Morgan fingerprint density at radius 3 is 2.29 bits per heavy atom. The standard InChI is InChI=1S/C14H20N2O/c1-9(2)16-13(14(15)17)12-7-5-11(6-8-12)10-3-4-10/h5-10,13,16H,3-4H2,1-2H3,(H2,15,17). The van der Waals surface area contributed by atoms with Crippen LogP contribution >= 0.6 is 0 Å². The molecule has 1 aromatic carbocycles. The molecule has 0 aliphatic heterocycles. The van der Waals surface area contributed by atoms with E-state index in [4.69, 9.17) is 5.73 Å². The van der Waals surface area contributed by atoms with Crippen LogP contribution in [-0.2, 0) is 4.79 Å². The molecule has 3 nitrogen and oxygen atoms in total. The van der Waals surface area contributed by atoms with Crippen molar-refractivity contribution in [1.82, 2.24) is 5.32 Å². The molecule has 0 radical (unpaired) electrons. The second-order valence-electron chi connectivity index (χ2n) is 5.10. The summed E-state index contributed by atoms with van der Waals surface area (Å²) < 4.78 is 0. The lowest BCUT2D eigenvalue weighted by Gasteiger charge is -2.18. The molecule has 1 amide bonds. The van der Waals surface area contributed by atoms with Crippen molar-refractivity contribution in [3.63, 3.8) is 0 Å². The van der Waals surface area contributed by atoms with E-state index in [2.05, 4.69) is 17.4 Å². The maximum atomic E-state index is 11.4. The zero-order chi connectivity index (χ0) is 12.4. The molecule has 3 N–H and O–H groups in total. The van der Waals surface area contributed by atoms with Crippen LogP contribution in [0.25, 0.3) is 0 Å². The molecule has 0 saturated heterocycles. The van der Waals surface area contributed by atoms with E-state index in [1.54, 1.807) is 0 Å². The van der Waals surface area contributed by atoms with Gasteiger partial charge in [0.25, 0.3) is 0 Å². The number of amides is 1. The summed E-state index contributed by atoms with van der Waals surface area (Å²) in [5, 5.41) is 3.19. The molecule has 0 spiro atoms. The van der Waals surface area contributed by atoms with Crippen molar-refractivity contribution in [1.29, 1.82) is 0 Å². The summed E-state index contributed by atoms with van der Waals surface area (Å²) in [5.74, 6) is 0.423. The highest BCUT2D eigenvalue weighted by molar-refractivity contribution is 5.81. The number of primary amides is 1. The first kappa shape index (κ1) is 12.1. The molecule has 0 heterocycles. The number of hydrogen-bond acceptors (Lipinski definition) is 2. The second-order valence-corrected chi connectivity index (χ2v) is 5.10.